The van der Waals surface area contributed by atoms with Crippen LogP contribution < -0.4 is 5.32 Å². The molecule has 0 spiro atoms. The molecule has 2 rings (SSSR count). The van der Waals surface area contributed by atoms with Crippen LogP contribution in [0.1, 0.15) is 32.4 Å². The zero-order valence-corrected chi connectivity index (χ0v) is 10.1. The first-order chi connectivity index (χ1) is 7.31. The second kappa shape index (κ2) is 4.94. The maximum atomic E-state index is 5.52. The van der Waals surface area contributed by atoms with Crippen molar-refractivity contribution < 1.29 is 4.74 Å². The van der Waals surface area contributed by atoms with Crippen molar-refractivity contribution in [3.63, 3.8) is 0 Å². The molecule has 0 aliphatic heterocycles. The Labute approximate surface area is 94.9 Å². The summed E-state index contributed by atoms with van der Waals surface area (Å²) >= 11 is 1.70. The Hall–Kier alpha value is -0.610. The summed E-state index contributed by atoms with van der Waals surface area (Å²) in [6, 6.07) is 0.567. The van der Waals surface area contributed by atoms with E-state index in [9.17, 15) is 0 Å². The van der Waals surface area contributed by atoms with Gasteiger partial charge in [0.1, 0.15) is 0 Å². The Kier molecular flexibility index (Phi) is 3.59. The molecule has 1 aromatic rings. The minimum atomic E-state index is 0.470. The normalized spacial score (nSPS) is 24.9. The van der Waals surface area contributed by atoms with Gasteiger partial charge in [-0.05, 0) is 26.2 Å². The van der Waals surface area contributed by atoms with E-state index in [0.29, 0.717) is 12.1 Å². The van der Waals surface area contributed by atoms with Gasteiger partial charge in [0.05, 0.1) is 11.8 Å². The SMILES string of the molecule is CCOC1CC(Nc2nc(CC)cs2)C1. The zero-order chi connectivity index (χ0) is 10.7. The van der Waals surface area contributed by atoms with E-state index >= 15 is 0 Å². The van der Waals surface area contributed by atoms with Crippen molar-refractivity contribution in [2.24, 2.45) is 0 Å². The summed E-state index contributed by atoms with van der Waals surface area (Å²) in [4.78, 5) is 4.49. The number of anilines is 1. The quantitative estimate of drug-likeness (QED) is 0.838. The first-order valence-electron chi connectivity index (χ1n) is 5.64. The van der Waals surface area contributed by atoms with E-state index in [0.717, 1.165) is 31.0 Å². The molecule has 1 aromatic heterocycles. The first kappa shape index (κ1) is 10.9. The van der Waals surface area contributed by atoms with Crippen molar-refractivity contribution in [1.29, 1.82) is 0 Å². The summed E-state index contributed by atoms with van der Waals surface area (Å²) in [5.74, 6) is 0. The largest absolute Gasteiger partial charge is 0.378 e. The van der Waals surface area contributed by atoms with Crippen LogP contribution in [-0.2, 0) is 11.2 Å². The summed E-state index contributed by atoms with van der Waals surface area (Å²) in [7, 11) is 0. The molecule has 0 amide bonds. The lowest BCUT2D eigenvalue weighted by molar-refractivity contribution is 0.00299. The molecule has 1 N–H and O–H groups in total. The van der Waals surface area contributed by atoms with Gasteiger partial charge in [0, 0.05) is 18.0 Å². The van der Waals surface area contributed by atoms with E-state index in [1.54, 1.807) is 11.3 Å². The second-order valence-corrected chi connectivity index (χ2v) is 4.75. The molecule has 4 heteroatoms. The summed E-state index contributed by atoms with van der Waals surface area (Å²) < 4.78 is 5.52. The van der Waals surface area contributed by atoms with Crippen LogP contribution in [0, 0.1) is 0 Å². The lowest BCUT2D eigenvalue weighted by Gasteiger charge is -2.35. The third-order valence-electron chi connectivity index (χ3n) is 2.74. The molecular formula is C11H18N2OS. The van der Waals surface area contributed by atoms with Crippen molar-refractivity contribution in [3.05, 3.63) is 11.1 Å². The number of thiazole rings is 1. The fraction of sp³-hybridized carbons (Fsp3) is 0.727. The van der Waals surface area contributed by atoms with Gasteiger partial charge < -0.3 is 10.1 Å². The van der Waals surface area contributed by atoms with Crippen LogP contribution in [0.25, 0.3) is 0 Å². The van der Waals surface area contributed by atoms with E-state index in [1.165, 1.54) is 5.69 Å². The van der Waals surface area contributed by atoms with Gasteiger partial charge >= 0.3 is 0 Å². The standard InChI is InChI=1S/C11H18N2OS/c1-3-8-7-15-11(12-8)13-9-5-10(6-9)14-4-2/h7,9-10H,3-6H2,1-2H3,(H,12,13). The predicted molar refractivity (Wildman–Crippen MR) is 63.6 cm³/mol. The number of aryl methyl sites for hydroxylation is 1. The highest BCUT2D eigenvalue weighted by Gasteiger charge is 2.29. The van der Waals surface area contributed by atoms with Gasteiger partial charge in [-0.15, -0.1) is 11.3 Å². The van der Waals surface area contributed by atoms with E-state index in [1.807, 2.05) is 0 Å². The van der Waals surface area contributed by atoms with Crippen LogP contribution in [0.4, 0.5) is 5.13 Å². The van der Waals surface area contributed by atoms with Crippen LogP contribution in [0.3, 0.4) is 0 Å². The highest BCUT2D eigenvalue weighted by atomic mass is 32.1. The number of nitrogens with one attached hydrogen (secondary N) is 1. The summed E-state index contributed by atoms with van der Waals surface area (Å²) in [5, 5.41) is 6.64. The average molecular weight is 226 g/mol. The highest BCUT2D eigenvalue weighted by Crippen LogP contribution is 2.28. The highest BCUT2D eigenvalue weighted by molar-refractivity contribution is 7.13. The monoisotopic (exact) mass is 226 g/mol. The van der Waals surface area contributed by atoms with E-state index in [4.69, 9.17) is 4.74 Å². The van der Waals surface area contributed by atoms with Crippen molar-refractivity contribution >= 4 is 16.5 Å². The topological polar surface area (TPSA) is 34.1 Å². The maximum Gasteiger partial charge on any atom is 0.183 e. The lowest BCUT2D eigenvalue weighted by Crippen LogP contribution is -2.40. The van der Waals surface area contributed by atoms with Gasteiger partial charge in [-0.1, -0.05) is 6.92 Å². The summed E-state index contributed by atoms with van der Waals surface area (Å²) in [6.07, 6.45) is 3.73. The van der Waals surface area contributed by atoms with Crippen LogP contribution in [-0.4, -0.2) is 23.7 Å². The molecule has 0 bridgehead atoms. The summed E-state index contributed by atoms with van der Waals surface area (Å²) in [5.41, 5.74) is 1.18. The molecule has 0 saturated heterocycles. The molecule has 1 fully saturated rings. The number of rotatable bonds is 5. The number of nitrogens with zero attached hydrogens (tertiary/aromatic N) is 1. The number of hydrogen-bond acceptors (Lipinski definition) is 4. The number of hydrogen-bond donors (Lipinski definition) is 1. The van der Waals surface area contributed by atoms with Gasteiger partial charge in [0.15, 0.2) is 5.13 Å². The third-order valence-corrected chi connectivity index (χ3v) is 3.56. The molecule has 1 heterocycles. The Morgan fingerprint density at radius 1 is 1.53 bits per heavy atom. The minimum Gasteiger partial charge on any atom is -0.378 e. The van der Waals surface area contributed by atoms with E-state index in [-0.39, 0.29) is 0 Å². The van der Waals surface area contributed by atoms with Crippen LogP contribution in [0.5, 0.6) is 0 Å². The second-order valence-electron chi connectivity index (χ2n) is 3.89. The summed E-state index contributed by atoms with van der Waals surface area (Å²) in [6.45, 7) is 5.01. The average Bonchev–Trinajstić information content (AvgIpc) is 2.62. The maximum absolute atomic E-state index is 5.52. The predicted octanol–water partition coefficient (Wildman–Crippen LogP) is 2.68. The Balaban J connectivity index is 1.75. The minimum absolute atomic E-state index is 0.470. The van der Waals surface area contributed by atoms with Gasteiger partial charge in [0.25, 0.3) is 0 Å². The third kappa shape index (κ3) is 2.69. The van der Waals surface area contributed by atoms with Gasteiger partial charge in [-0.25, -0.2) is 4.98 Å². The van der Waals surface area contributed by atoms with E-state index in [2.05, 4.69) is 29.5 Å². The van der Waals surface area contributed by atoms with Crippen LogP contribution >= 0.6 is 11.3 Å². The van der Waals surface area contributed by atoms with Crippen molar-refractivity contribution in [2.45, 2.75) is 45.3 Å². The van der Waals surface area contributed by atoms with Gasteiger partial charge in [-0.3, -0.25) is 0 Å². The molecule has 0 atom stereocenters. The van der Waals surface area contributed by atoms with Crippen molar-refractivity contribution in [1.82, 2.24) is 4.98 Å². The molecule has 84 valence electrons. The van der Waals surface area contributed by atoms with E-state index < -0.39 is 0 Å². The molecule has 1 aliphatic carbocycles. The molecule has 15 heavy (non-hydrogen) atoms. The van der Waals surface area contributed by atoms with Gasteiger partial charge in [0.2, 0.25) is 0 Å². The molecule has 0 radical (unpaired) electrons. The molecule has 0 aromatic carbocycles. The molecule has 1 aliphatic rings. The zero-order valence-electron chi connectivity index (χ0n) is 9.32. The van der Waals surface area contributed by atoms with Crippen LogP contribution in [0.15, 0.2) is 5.38 Å². The molecule has 3 nitrogen and oxygen atoms in total. The molecule has 1 saturated carbocycles. The smallest absolute Gasteiger partial charge is 0.183 e. The van der Waals surface area contributed by atoms with Gasteiger partial charge in [-0.2, -0.15) is 0 Å². The van der Waals surface area contributed by atoms with Crippen LogP contribution in [0.2, 0.25) is 0 Å². The first-order valence-corrected chi connectivity index (χ1v) is 6.52. The fourth-order valence-electron chi connectivity index (χ4n) is 1.77. The number of ether oxygens (including phenoxy) is 1. The Morgan fingerprint density at radius 3 is 2.93 bits per heavy atom. The van der Waals surface area contributed by atoms with Crippen molar-refractivity contribution in [3.8, 4) is 0 Å². The Morgan fingerprint density at radius 2 is 2.33 bits per heavy atom. The number of aromatic nitrogens is 1. The Bertz CT molecular complexity index is 307. The fourth-order valence-corrected chi connectivity index (χ4v) is 2.64. The van der Waals surface area contributed by atoms with Crippen molar-refractivity contribution in [2.75, 3.05) is 11.9 Å². The molecule has 0 unspecified atom stereocenters. The lowest BCUT2D eigenvalue weighted by atomic mass is 9.89. The molecular weight excluding hydrogens is 208 g/mol.